The average molecular weight is 322 g/mol. The van der Waals surface area contributed by atoms with Crippen molar-refractivity contribution in [2.24, 2.45) is 0 Å². The molecule has 1 saturated heterocycles. The minimum absolute atomic E-state index is 0.00751. The maximum atomic E-state index is 13.8. The highest BCUT2D eigenvalue weighted by molar-refractivity contribution is 6.30. The van der Waals surface area contributed by atoms with Gasteiger partial charge >= 0.3 is 0 Å². The number of halogens is 4. The van der Waals surface area contributed by atoms with E-state index in [1.807, 2.05) is 0 Å². The molecule has 0 saturated carbocycles. The molecule has 2 rings (SSSR count). The number of hydrogen-bond acceptors (Lipinski definition) is 1. The van der Waals surface area contributed by atoms with E-state index in [9.17, 15) is 13.6 Å². The van der Waals surface area contributed by atoms with Crippen LogP contribution in [0.4, 0.5) is 8.78 Å². The van der Waals surface area contributed by atoms with E-state index in [1.165, 1.54) is 0 Å². The quantitative estimate of drug-likeness (QED) is 0.602. The molecule has 0 aromatic heterocycles. The standard InChI is InChI=1S/C14H15Cl2F2NO/c15-5-4-9-3-1-2-6-19(9)14(20)10-7-13(18)11(16)8-12(10)17/h7-9H,1-6H2. The molecule has 2 nitrogen and oxygen atoms in total. The van der Waals surface area contributed by atoms with Gasteiger partial charge in [0.2, 0.25) is 0 Å². The number of carbonyl (C=O) groups excluding carboxylic acids is 1. The normalized spacial score (nSPS) is 19.2. The molecule has 0 spiro atoms. The molecule has 1 amide bonds. The Morgan fingerprint density at radius 1 is 1.30 bits per heavy atom. The van der Waals surface area contributed by atoms with Crippen LogP contribution in [-0.2, 0) is 0 Å². The Hall–Kier alpha value is -0.870. The summed E-state index contributed by atoms with van der Waals surface area (Å²) in [5.41, 5.74) is -0.270. The predicted octanol–water partition coefficient (Wildman–Crippen LogP) is 4.24. The fraction of sp³-hybridized carbons (Fsp3) is 0.500. The molecule has 0 N–H and O–H groups in total. The van der Waals surface area contributed by atoms with E-state index in [-0.39, 0.29) is 16.6 Å². The van der Waals surface area contributed by atoms with Gasteiger partial charge in [0.05, 0.1) is 10.6 Å². The third kappa shape index (κ3) is 3.23. The number of piperidine rings is 1. The Bertz CT molecular complexity index is 508. The number of nitrogens with zero attached hydrogens (tertiary/aromatic N) is 1. The first kappa shape index (κ1) is 15.5. The summed E-state index contributed by atoms with van der Waals surface area (Å²) in [6, 6.07) is 1.70. The summed E-state index contributed by atoms with van der Waals surface area (Å²) >= 11 is 11.2. The fourth-order valence-corrected chi connectivity index (χ4v) is 2.94. The van der Waals surface area contributed by atoms with Crippen molar-refractivity contribution in [3.63, 3.8) is 0 Å². The van der Waals surface area contributed by atoms with Gasteiger partial charge in [0, 0.05) is 18.5 Å². The molecule has 0 bridgehead atoms. The molecule has 0 aliphatic carbocycles. The van der Waals surface area contributed by atoms with E-state index < -0.39 is 17.5 Å². The number of rotatable bonds is 3. The highest BCUT2D eigenvalue weighted by Gasteiger charge is 2.29. The van der Waals surface area contributed by atoms with Crippen molar-refractivity contribution in [1.82, 2.24) is 4.90 Å². The molecule has 1 unspecified atom stereocenters. The average Bonchev–Trinajstić information content (AvgIpc) is 2.43. The predicted molar refractivity (Wildman–Crippen MR) is 75.4 cm³/mol. The van der Waals surface area contributed by atoms with Crippen molar-refractivity contribution >= 4 is 29.1 Å². The fourth-order valence-electron chi connectivity index (χ4n) is 2.54. The lowest BCUT2D eigenvalue weighted by molar-refractivity contribution is 0.0604. The van der Waals surface area contributed by atoms with E-state index >= 15 is 0 Å². The molecule has 1 fully saturated rings. The van der Waals surface area contributed by atoms with Crippen LogP contribution >= 0.6 is 23.2 Å². The molecular weight excluding hydrogens is 307 g/mol. The second kappa shape index (κ2) is 6.72. The lowest BCUT2D eigenvalue weighted by Gasteiger charge is -2.35. The summed E-state index contributed by atoms with van der Waals surface area (Å²) in [4.78, 5) is 14.0. The lowest BCUT2D eigenvalue weighted by Crippen LogP contribution is -2.44. The summed E-state index contributed by atoms with van der Waals surface area (Å²) in [5.74, 6) is -1.64. The van der Waals surface area contributed by atoms with Crippen LogP contribution in [0.25, 0.3) is 0 Å². The van der Waals surface area contributed by atoms with Crippen LogP contribution < -0.4 is 0 Å². The molecule has 1 aliphatic rings. The van der Waals surface area contributed by atoms with Gasteiger partial charge in [-0.2, -0.15) is 0 Å². The SMILES string of the molecule is O=C(c1cc(F)c(Cl)cc1F)N1CCCCC1CCCl. The largest absolute Gasteiger partial charge is 0.336 e. The van der Waals surface area contributed by atoms with Gasteiger partial charge in [0.25, 0.3) is 5.91 Å². The molecule has 1 atom stereocenters. The van der Waals surface area contributed by atoms with Crippen molar-refractivity contribution in [3.8, 4) is 0 Å². The summed E-state index contributed by atoms with van der Waals surface area (Å²) < 4.78 is 27.3. The number of amides is 1. The smallest absolute Gasteiger partial charge is 0.257 e. The first-order chi connectivity index (χ1) is 9.54. The van der Waals surface area contributed by atoms with Crippen molar-refractivity contribution in [2.75, 3.05) is 12.4 Å². The zero-order valence-corrected chi connectivity index (χ0v) is 12.4. The first-order valence-corrected chi connectivity index (χ1v) is 7.47. The minimum atomic E-state index is -0.795. The highest BCUT2D eigenvalue weighted by atomic mass is 35.5. The maximum Gasteiger partial charge on any atom is 0.257 e. The van der Waals surface area contributed by atoms with Gasteiger partial charge in [0.1, 0.15) is 11.6 Å². The van der Waals surface area contributed by atoms with E-state index in [1.54, 1.807) is 4.90 Å². The Morgan fingerprint density at radius 3 is 2.75 bits per heavy atom. The third-order valence-corrected chi connectivity index (χ3v) is 4.08. The van der Waals surface area contributed by atoms with Gasteiger partial charge < -0.3 is 4.90 Å². The van der Waals surface area contributed by atoms with Crippen molar-refractivity contribution < 1.29 is 13.6 Å². The van der Waals surface area contributed by atoms with E-state index in [2.05, 4.69) is 0 Å². The number of benzene rings is 1. The van der Waals surface area contributed by atoms with Gasteiger partial charge in [-0.1, -0.05) is 11.6 Å². The highest BCUT2D eigenvalue weighted by Crippen LogP contribution is 2.25. The van der Waals surface area contributed by atoms with Gasteiger partial charge in [-0.15, -0.1) is 11.6 Å². The molecule has 6 heteroatoms. The minimum Gasteiger partial charge on any atom is -0.336 e. The number of hydrogen-bond donors (Lipinski definition) is 0. The number of likely N-dealkylation sites (tertiary alicyclic amines) is 1. The van der Waals surface area contributed by atoms with Gasteiger partial charge in [-0.3, -0.25) is 4.79 Å². The van der Waals surface area contributed by atoms with Crippen LogP contribution in [0, 0.1) is 11.6 Å². The van der Waals surface area contributed by atoms with E-state index in [0.717, 1.165) is 31.4 Å². The second-order valence-electron chi connectivity index (χ2n) is 4.87. The summed E-state index contributed by atoms with van der Waals surface area (Å²) in [6.45, 7) is 0.546. The van der Waals surface area contributed by atoms with Crippen LogP contribution in [0.15, 0.2) is 12.1 Å². The topological polar surface area (TPSA) is 20.3 Å². The van der Waals surface area contributed by atoms with Gasteiger partial charge in [-0.05, 0) is 37.8 Å². The molecule has 1 aromatic rings. The Kier molecular flexibility index (Phi) is 5.22. The van der Waals surface area contributed by atoms with Crippen LogP contribution in [0.1, 0.15) is 36.0 Å². The lowest BCUT2D eigenvalue weighted by atomic mass is 9.98. The van der Waals surface area contributed by atoms with Crippen LogP contribution in [0.5, 0.6) is 0 Å². The summed E-state index contributed by atoms with van der Waals surface area (Å²) in [5, 5.41) is -0.324. The molecule has 1 heterocycles. The molecule has 20 heavy (non-hydrogen) atoms. The molecule has 1 aromatic carbocycles. The number of alkyl halides is 1. The summed E-state index contributed by atoms with van der Waals surface area (Å²) in [6.07, 6.45) is 3.38. The molecular formula is C14H15Cl2F2NO. The molecule has 110 valence electrons. The van der Waals surface area contributed by atoms with Crippen molar-refractivity contribution in [3.05, 3.63) is 34.4 Å². The molecule has 0 radical (unpaired) electrons. The van der Waals surface area contributed by atoms with Crippen LogP contribution in [0.3, 0.4) is 0 Å². The zero-order chi connectivity index (χ0) is 14.7. The van der Waals surface area contributed by atoms with Gasteiger partial charge in [0.15, 0.2) is 0 Å². The monoisotopic (exact) mass is 321 g/mol. The van der Waals surface area contributed by atoms with Crippen LogP contribution in [0.2, 0.25) is 5.02 Å². The first-order valence-electron chi connectivity index (χ1n) is 6.56. The number of carbonyl (C=O) groups is 1. The van der Waals surface area contributed by atoms with Crippen molar-refractivity contribution in [2.45, 2.75) is 31.7 Å². The van der Waals surface area contributed by atoms with Gasteiger partial charge in [-0.25, -0.2) is 8.78 Å². The van der Waals surface area contributed by atoms with E-state index in [4.69, 9.17) is 23.2 Å². The maximum absolute atomic E-state index is 13.8. The Morgan fingerprint density at radius 2 is 2.05 bits per heavy atom. The summed E-state index contributed by atoms with van der Waals surface area (Å²) in [7, 11) is 0. The van der Waals surface area contributed by atoms with E-state index in [0.29, 0.717) is 18.8 Å². The molecule has 1 aliphatic heterocycles. The van der Waals surface area contributed by atoms with Crippen molar-refractivity contribution in [1.29, 1.82) is 0 Å². The Labute approximate surface area is 126 Å². The Balaban J connectivity index is 2.27. The van der Waals surface area contributed by atoms with Crippen LogP contribution in [-0.4, -0.2) is 29.3 Å². The third-order valence-electron chi connectivity index (χ3n) is 3.57. The zero-order valence-electron chi connectivity index (χ0n) is 10.8. The second-order valence-corrected chi connectivity index (χ2v) is 5.66.